The zero-order valence-corrected chi connectivity index (χ0v) is 26.1. The highest BCUT2D eigenvalue weighted by molar-refractivity contribution is 7.52. The Bertz CT molecular complexity index is 1420. The van der Waals surface area contributed by atoms with Crippen LogP contribution >= 0.6 is 7.75 Å². The van der Waals surface area contributed by atoms with Gasteiger partial charge in [0.05, 0.1) is 19.1 Å². The molecule has 3 rings (SSSR count). The summed E-state index contributed by atoms with van der Waals surface area (Å²) in [5.74, 6) is -1.67. The highest BCUT2D eigenvalue weighted by Gasteiger charge is 2.54. The topological polar surface area (TPSA) is 205 Å². The second-order valence-electron chi connectivity index (χ2n) is 11.2. The molecule has 0 bridgehead atoms. The Hall–Kier alpha value is -3.33. The number of para-hydroxylation sites is 1. The van der Waals surface area contributed by atoms with Crippen LogP contribution < -0.4 is 20.9 Å². The molecule has 0 aliphatic carbocycles. The van der Waals surface area contributed by atoms with E-state index in [0.29, 0.717) is 6.42 Å². The number of carbonyl (C=O) groups is 2. The maximum atomic E-state index is 14.1. The summed E-state index contributed by atoms with van der Waals surface area (Å²) < 4.78 is 42.6. The zero-order valence-electron chi connectivity index (χ0n) is 25.2. The zero-order chi connectivity index (χ0) is 32.7. The van der Waals surface area contributed by atoms with E-state index in [-0.39, 0.29) is 18.3 Å². The van der Waals surface area contributed by atoms with Crippen molar-refractivity contribution < 1.29 is 47.6 Å². The third kappa shape index (κ3) is 9.34. The van der Waals surface area contributed by atoms with Gasteiger partial charge in [-0.3, -0.25) is 28.5 Å². The van der Waals surface area contributed by atoms with Gasteiger partial charge in [0.2, 0.25) is 0 Å². The van der Waals surface area contributed by atoms with E-state index >= 15 is 0 Å². The maximum Gasteiger partial charge on any atom is 0.459 e. The molecule has 1 saturated heterocycles. The lowest BCUT2D eigenvalue weighted by atomic mass is 9.96. The minimum atomic E-state index is -4.55. The number of carbonyl (C=O) groups excluding carboxylic acids is 2. The molecule has 0 saturated carbocycles. The van der Waals surface area contributed by atoms with E-state index in [2.05, 4.69) is 5.09 Å². The Balaban J connectivity index is 1.85. The first-order valence-electron chi connectivity index (χ1n) is 14.1. The van der Waals surface area contributed by atoms with E-state index in [1.165, 1.54) is 19.1 Å². The molecular formula is C28H40N3O12P. The lowest BCUT2D eigenvalue weighted by Crippen LogP contribution is -2.47. The van der Waals surface area contributed by atoms with Crippen LogP contribution in [0.25, 0.3) is 0 Å². The number of esters is 2. The minimum absolute atomic E-state index is 0.0558. The van der Waals surface area contributed by atoms with E-state index in [9.17, 15) is 34.0 Å². The molecule has 244 valence electrons. The monoisotopic (exact) mass is 641 g/mol. The number of nitrogens with one attached hydrogen (secondary N) is 2. The molecule has 0 spiro atoms. The first-order valence-corrected chi connectivity index (χ1v) is 15.6. The van der Waals surface area contributed by atoms with Crippen LogP contribution in [0.2, 0.25) is 0 Å². The Morgan fingerprint density at radius 2 is 1.80 bits per heavy atom. The Morgan fingerprint density at radius 1 is 1.11 bits per heavy atom. The van der Waals surface area contributed by atoms with E-state index in [0.717, 1.165) is 16.8 Å². The van der Waals surface area contributed by atoms with Crippen LogP contribution in [0.4, 0.5) is 0 Å². The highest BCUT2D eigenvalue weighted by atomic mass is 31.2. The van der Waals surface area contributed by atoms with Gasteiger partial charge in [-0.25, -0.2) is 9.36 Å². The molecule has 15 nitrogen and oxygen atoms in total. The number of nitrogens with zero attached hydrogens (tertiary/aromatic N) is 1. The summed E-state index contributed by atoms with van der Waals surface area (Å²) >= 11 is 0. The number of ether oxygens (including phenoxy) is 3. The molecule has 16 heteroatoms. The van der Waals surface area contributed by atoms with Crippen LogP contribution in [-0.2, 0) is 32.9 Å². The fourth-order valence-corrected chi connectivity index (χ4v) is 5.53. The number of hydrogen-bond donors (Lipinski definition) is 4. The van der Waals surface area contributed by atoms with Crippen molar-refractivity contribution in [3.05, 3.63) is 63.4 Å². The molecular weight excluding hydrogens is 601 g/mol. The SMILES string of the molecule is CC(C)CCOC(=O)[C@H](COC(=O)C(C)C)NP(=O)(OC[C@H]1O[C@@H](n2ccc(=O)[nH]c2=O)[C@](C)(O)[C@@H]1O)Oc1ccccc1. The van der Waals surface area contributed by atoms with Crippen LogP contribution in [0.15, 0.2) is 52.2 Å². The lowest BCUT2D eigenvalue weighted by molar-refractivity contribution is -0.153. The van der Waals surface area contributed by atoms with E-state index in [1.807, 2.05) is 18.8 Å². The Labute approximate surface area is 254 Å². The number of aromatic nitrogens is 2. The van der Waals surface area contributed by atoms with Gasteiger partial charge in [0.25, 0.3) is 5.56 Å². The fourth-order valence-electron chi connectivity index (χ4n) is 4.05. The highest BCUT2D eigenvalue weighted by Crippen LogP contribution is 2.47. The summed E-state index contributed by atoms with van der Waals surface area (Å²) in [6.07, 6.45) is -2.85. The number of H-pyrrole nitrogens is 1. The molecule has 1 aromatic carbocycles. The normalized spacial score (nSPS) is 23.7. The third-order valence-electron chi connectivity index (χ3n) is 6.64. The van der Waals surface area contributed by atoms with Gasteiger partial charge in [0.15, 0.2) is 12.3 Å². The Kier molecular flexibility index (Phi) is 12.1. The smallest absolute Gasteiger partial charge is 0.459 e. The number of benzene rings is 1. The van der Waals surface area contributed by atoms with Gasteiger partial charge < -0.3 is 28.9 Å². The Morgan fingerprint density at radius 3 is 2.41 bits per heavy atom. The largest absolute Gasteiger partial charge is 0.464 e. The summed E-state index contributed by atoms with van der Waals surface area (Å²) in [5.41, 5.74) is -3.63. The van der Waals surface area contributed by atoms with E-state index in [4.69, 9.17) is 23.3 Å². The van der Waals surface area contributed by atoms with Crippen molar-refractivity contribution in [3.63, 3.8) is 0 Å². The van der Waals surface area contributed by atoms with Crippen LogP contribution in [0.1, 0.15) is 47.3 Å². The van der Waals surface area contributed by atoms with Crippen molar-refractivity contribution in [1.29, 1.82) is 0 Å². The molecule has 44 heavy (non-hydrogen) atoms. The first-order chi connectivity index (χ1) is 20.6. The quantitative estimate of drug-likeness (QED) is 0.161. The van der Waals surface area contributed by atoms with Gasteiger partial charge in [0, 0.05) is 12.3 Å². The summed E-state index contributed by atoms with van der Waals surface area (Å²) in [4.78, 5) is 51.1. The number of hydrogen-bond acceptors (Lipinski definition) is 12. The van der Waals surface area contributed by atoms with Crippen molar-refractivity contribution in [2.24, 2.45) is 11.8 Å². The molecule has 1 aliphatic heterocycles. The second kappa shape index (κ2) is 15.1. The predicted molar refractivity (Wildman–Crippen MR) is 156 cm³/mol. The first kappa shape index (κ1) is 35.2. The summed E-state index contributed by atoms with van der Waals surface area (Å²) in [6, 6.07) is 7.42. The average Bonchev–Trinajstić information content (AvgIpc) is 3.17. The molecule has 0 radical (unpaired) electrons. The molecule has 1 unspecified atom stereocenters. The molecule has 1 fully saturated rings. The van der Waals surface area contributed by atoms with Crippen LogP contribution in [-0.4, -0.2) is 75.4 Å². The van der Waals surface area contributed by atoms with Crippen molar-refractivity contribution in [1.82, 2.24) is 14.6 Å². The van der Waals surface area contributed by atoms with Crippen LogP contribution in [0, 0.1) is 11.8 Å². The van der Waals surface area contributed by atoms with Crippen LogP contribution in [0.5, 0.6) is 5.75 Å². The van der Waals surface area contributed by atoms with Crippen molar-refractivity contribution >= 4 is 19.7 Å². The number of rotatable bonds is 15. The summed E-state index contributed by atoms with van der Waals surface area (Å²) in [7, 11) is -4.55. The molecule has 2 aromatic rings. The third-order valence-corrected chi connectivity index (χ3v) is 8.21. The summed E-state index contributed by atoms with van der Waals surface area (Å²) in [6.45, 7) is 7.15. The number of aliphatic hydroxyl groups is 2. The molecule has 6 atom stereocenters. The van der Waals surface area contributed by atoms with Gasteiger partial charge in [-0.05, 0) is 31.4 Å². The molecule has 0 amide bonds. The van der Waals surface area contributed by atoms with Gasteiger partial charge in [-0.2, -0.15) is 5.09 Å². The van der Waals surface area contributed by atoms with E-state index < -0.39 is 80.1 Å². The predicted octanol–water partition coefficient (Wildman–Crippen LogP) is 1.50. The van der Waals surface area contributed by atoms with Crippen LogP contribution in [0.3, 0.4) is 0 Å². The molecule has 2 heterocycles. The fraction of sp³-hybridized carbons (Fsp3) is 0.571. The van der Waals surface area contributed by atoms with Gasteiger partial charge in [-0.1, -0.05) is 45.9 Å². The van der Waals surface area contributed by atoms with Crippen molar-refractivity contribution in [3.8, 4) is 5.75 Å². The summed E-state index contributed by atoms with van der Waals surface area (Å²) in [5, 5.41) is 24.4. The lowest BCUT2D eigenvalue weighted by Gasteiger charge is -2.27. The minimum Gasteiger partial charge on any atom is -0.464 e. The maximum absolute atomic E-state index is 14.1. The van der Waals surface area contributed by atoms with Crippen molar-refractivity contribution in [2.45, 2.75) is 71.1 Å². The standard InChI is InChI=1S/C28H40N3O12P/c1-17(2)12-14-39-25(35)20(15-40-24(34)18(3)4)30-44(38,43-19-9-7-6-8-10-19)41-16-21-23(33)28(5,37)26(42-21)31-13-11-22(32)29-27(31)36/h6-11,13,17-18,20-21,23,26,33,37H,12,14-16H2,1-5H3,(H,30,38)(H,29,32,36)/t20-,21+,23+,26+,28+,44?/m0/s1. The number of aromatic amines is 1. The average molecular weight is 642 g/mol. The molecule has 1 aliphatic rings. The number of aliphatic hydroxyl groups excluding tert-OH is 1. The van der Waals surface area contributed by atoms with E-state index in [1.54, 1.807) is 32.0 Å². The van der Waals surface area contributed by atoms with Gasteiger partial charge in [-0.15, -0.1) is 0 Å². The second-order valence-corrected chi connectivity index (χ2v) is 12.9. The van der Waals surface area contributed by atoms with Gasteiger partial charge >= 0.3 is 25.4 Å². The van der Waals surface area contributed by atoms with Gasteiger partial charge in [0.1, 0.15) is 30.2 Å². The molecule has 1 aromatic heterocycles. The van der Waals surface area contributed by atoms with Crippen molar-refractivity contribution in [2.75, 3.05) is 19.8 Å². The molecule has 4 N–H and O–H groups in total.